The normalized spacial score (nSPS) is 10.3. The van der Waals surface area contributed by atoms with Gasteiger partial charge in [0, 0.05) is 0 Å². The monoisotopic (exact) mass is 190 g/mol. The Hall–Kier alpha value is -1.06. The zero-order valence-electron chi connectivity index (χ0n) is 7.33. The molecule has 0 heterocycles. The topological polar surface area (TPSA) is 74.6 Å². The van der Waals surface area contributed by atoms with E-state index in [0.29, 0.717) is 6.42 Å². The van der Waals surface area contributed by atoms with Crippen molar-refractivity contribution in [2.24, 2.45) is 5.41 Å². The van der Waals surface area contributed by atoms with Gasteiger partial charge in [-0.25, -0.2) is 0 Å². The molecule has 0 fully saturated rings. The number of carbonyl (C=O) groups is 2. The zero-order valence-corrected chi connectivity index (χ0v) is 7.33. The number of aliphatic carboxylic acids is 2. The van der Waals surface area contributed by atoms with Crippen molar-refractivity contribution in [2.75, 3.05) is 0 Å². The van der Waals surface area contributed by atoms with E-state index in [-0.39, 0.29) is 20.3 Å². The molecule has 78 valence electrons. The molecule has 0 saturated heterocycles. The molecule has 0 aliphatic heterocycles. The van der Waals surface area contributed by atoms with Gasteiger partial charge in [0.15, 0.2) is 5.41 Å². The third-order valence-corrected chi connectivity index (χ3v) is 2.10. The average molecular weight is 190 g/mol. The highest BCUT2D eigenvalue weighted by molar-refractivity contribution is 5.98. The van der Waals surface area contributed by atoms with Crippen LogP contribution in [0, 0.1) is 5.41 Å². The van der Waals surface area contributed by atoms with E-state index in [1.54, 1.807) is 13.8 Å². The van der Waals surface area contributed by atoms with Crippen molar-refractivity contribution in [3.8, 4) is 0 Å². The minimum atomic E-state index is -1.57. The Morgan fingerprint density at radius 1 is 1.15 bits per heavy atom. The predicted molar refractivity (Wildman–Crippen MR) is 49.6 cm³/mol. The Balaban J connectivity index is 0. The quantitative estimate of drug-likeness (QED) is 0.650. The van der Waals surface area contributed by atoms with E-state index in [1.807, 2.05) is 0 Å². The van der Waals surface area contributed by atoms with Gasteiger partial charge in [0.1, 0.15) is 0 Å². The van der Waals surface area contributed by atoms with Gasteiger partial charge in [-0.2, -0.15) is 0 Å². The van der Waals surface area contributed by atoms with E-state index >= 15 is 0 Å². The van der Waals surface area contributed by atoms with Crippen LogP contribution in [-0.4, -0.2) is 22.2 Å². The molecule has 0 unspecified atom stereocenters. The Bertz CT molecular complexity index is 172. The molecule has 0 amide bonds. The summed E-state index contributed by atoms with van der Waals surface area (Å²) in [5, 5.41) is 17.5. The molecule has 0 saturated carbocycles. The van der Waals surface area contributed by atoms with Gasteiger partial charge in [0.2, 0.25) is 0 Å². The van der Waals surface area contributed by atoms with Gasteiger partial charge < -0.3 is 10.2 Å². The van der Waals surface area contributed by atoms with Crippen LogP contribution in [0.4, 0.5) is 0 Å². The van der Waals surface area contributed by atoms with Gasteiger partial charge in [-0.15, -0.1) is 0 Å². The van der Waals surface area contributed by atoms with Crippen LogP contribution in [0.1, 0.15) is 40.5 Å². The van der Waals surface area contributed by atoms with Crippen LogP contribution in [-0.2, 0) is 9.59 Å². The standard InChI is InChI=1S/C8H14O4.CH4/c1-3-5-8(4-2,6(9)10)7(11)12;/h3-5H2,1-2H3,(H,9,10)(H,11,12);1H4. The molecule has 0 aromatic rings. The fourth-order valence-corrected chi connectivity index (χ4v) is 1.21. The maximum absolute atomic E-state index is 10.7. The molecule has 4 nitrogen and oxygen atoms in total. The molecule has 0 aliphatic carbocycles. The summed E-state index contributed by atoms with van der Waals surface area (Å²) in [5.74, 6) is -2.47. The summed E-state index contributed by atoms with van der Waals surface area (Å²) in [5.41, 5.74) is -1.57. The summed E-state index contributed by atoms with van der Waals surface area (Å²) in [6.07, 6.45) is 0.881. The highest BCUT2D eigenvalue weighted by Crippen LogP contribution is 2.28. The molecule has 0 aliphatic rings. The van der Waals surface area contributed by atoms with Crippen LogP contribution in [0.2, 0.25) is 0 Å². The second-order valence-electron chi connectivity index (χ2n) is 2.80. The Morgan fingerprint density at radius 3 is 1.62 bits per heavy atom. The molecular formula is C9H18O4. The molecule has 0 aromatic carbocycles. The molecule has 0 atom stereocenters. The summed E-state index contributed by atoms with van der Waals surface area (Å²) < 4.78 is 0. The summed E-state index contributed by atoms with van der Waals surface area (Å²) in [7, 11) is 0. The molecule has 0 radical (unpaired) electrons. The van der Waals surface area contributed by atoms with E-state index in [1.165, 1.54) is 0 Å². The lowest BCUT2D eigenvalue weighted by atomic mass is 9.81. The van der Waals surface area contributed by atoms with Crippen molar-refractivity contribution in [1.82, 2.24) is 0 Å². The largest absolute Gasteiger partial charge is 0.480 e. The van der Waals surface area contributed by atoms with Crippen molar-refractivity contribution < 1.29 is 19.8 Å². The van der Waals surface area contributed by atoms with Gasteiger partial charge in [0.25, 0.3) is 0 Å². The van der Waals surface area contributed by atoms with E-state index in [2.05, 4.69) is 0 Å². The Labute approximate surface area is 78.6 Å². The summed E-state index contributed by atoms with van der Waals surface area (Å²) in [6.45, 7) is 3.36. The number of hydrogen-bond donors (Lipinski definition) is 2. The fraction of sp³-hybridized carbons (Fsp3) is 0.778. The highest BCUT2D eigenvalue weighted by Gasteiger charge is 2.43. The van der Waals surface area contributed by atoms with Crippen molar-refractivity contribution in [3.05, 3.63) is 0 Å². The number of carboxylic acid groups (broad SMARTS) is 2. The third kappa shape index (κ3) is 2.72. The Kier molecular flexibility index (Phi) is 6.19. The lowest BCUT2D eigenvalue weighted by Gasteiger charge is -2.21. The summed E-state index contributed by atoms with van der Waals surface area (Å²) in [6, 6.07) is 0. The maximum atomic E-state index is 10.7. The molecule has 0 aromatic heterocycles. The van der Waals surface area contributed by atoms with Crippen LogP contribution >= 0.6 is 0 Å². The molecule has 13 heavy (non-hydrogen) atoms. The van der Waals surface area contributed by atoms with E-state index in [9.17, 15) is 9.59 Å². The number of rotatable bonds is 5. The third-order valence-electron chi connectivity index (χ3n) is 2.10. The van der Waals surface area contributed by atoms with Crippen LogP contribution in [0.5, 0.6) is 0 Å². The van der Waals surface area contributed by atoms with Gasteiger partial charge in [-0.3, -0.25) is 9.59 Å². The minimum absolute atomic E-state index is 0. The van der Waals surface area contributed by atoms with Crippen LogP contribution in [0.25, 0.3) is 0 Å². The summed E-state index contributed by atoms with van der Waals surface area (Å²) in [4.78, 5) is 21.4. The predicted octanol–water partition coefficient (Wildman–Crippen LogP) is 1.99. The van der Waals surface area contributed by atoms with E-state index < -0.39 is 17.4 Å². The molecule has 0 bridgehead atoms. The van der Waals surface area contributed by atoms with Crippen LogP contribution in [0.15, 0.2) is 0 Å². The summed E-state index contributed by atoms with van der Waals surface area (Å²) >= 11 is 0. The van der Waals surface area contributed by atoms with Crippen LogP contribution in [0.3, 0.4) is 0 Å². The first-order chi connectivity index (χ1) is 5.51. The molecule has 0 spiro atoms. The van der Waals surface area contributed by atoms with Gasteiger partial charge in [-0.05, 0) is 12.8 Å². The maximum Gasteiger partial charge on any atom is 0.321 e. The van der Waals surface area contributed by atoms with Gasteiger partial charge >= 0.3 is 11.9 Å². The first kappa shape index (κ1) is 14.5. The van der Waals surface area contributed by atoms with E-state index in [0.717, 1.165) is 0 Å². The number of carboxylic acids is 2. The fourth-order valence-electron chi connectivity index (χ4n) is 1.21. The van der Waals surface area contributed by atoms with Crippen molar-refractivity contribution >= 4 is 11.9 Å². The van der Waals surface area contributed by atoms with E-state index in [4.69, 9.17) is 10.2 Å². The van der Waals surface area contributed by atoms with Crippen molar-refractivity contribution in [1.29, 1.82) is 0 Å². The lowest BCUT2D eigenvalue weighted by Crippen LogP contribution is -2.38. The van der Waals surface area contributed by atoms with Crippen molar-refractivity contribution in [3.63, 3.8) is 0 Å². The molecule has 4 heteroatoms. The first-order valence-electron chi connectivity index (χ1n) is 3.98. The smallest absolute Gasteiger partial charge is 0.321 e. The van der Waals surface area contributed by atoms with Crippen molar-refractivity contribution in [2.45, 2.75) is 40.5 Å². The molecule has 0 rings (SSSR count). The highest BCUT2D eigenvalue weighted by atomic mass is 16.4. The number of hydrogen-bond acceptors (Lipinski definition) is 2. The minimum Gasteiger partial charge on any atom is -0.480 e. The molecule has 2 N–H and O–H groups in total. The van der Waals surface area contributed by atoms with Crippen LogP contribution < -0.4 is 0 Å². The molecular weight excluding hydrogens is 172 g/mol. The van der Waals surface area contributed by atoms with Gasteiger partial charge in [0.05, 0.1) is 0 Å². The SMILES string of the molecule is C.CCCC(CC)(C(=O)O)C(=O)O. The first-order valence-corrected chi connectivity index (χ1v) is 3.98. The second-order valence-corrected chi connectivity index (χ2v) is 2.80. The lowest BCUT2D eigenvalue weighted by molar-refractivity contribution is -0.165. The Morgan fingerprint density at radius 2 is 1.54 bits per heavy atom. The second kappa shape index (κ2) is 5.56. The average Bonchev–Trinajstić information content (AvgIpc) is 1.98. The zero-order chi connectivity index (χ0) is 9.78. The van der Waals surface area contributed by atoms with Gasteiger partial charge in [-0.1, -0.05) is 27.7 Å².